The number of carbonyl (C=O) groups excluding carboxylic acids is 1. The molecule has 12 heavy (non-hydrogen) atoms. The van der Waals surface area contributed by atoms with Crippen molar-refractivity contribution in [1.82, 2.24) is 0 Å². The molecule has 0 aromatic rings. The minimum Gasteiger partial charge on any atom is -0.492 e. The zero-order chi connectivity index (χ0) is 9.14. The van der Waals surface area contributed by atoms with Crippen LogP contribution in [0.3, 0.4) is 0 Å². The average Bonchev–Trinajstić information content (AvgIpc) is 2.31. The molecule has 2 unspecified atom stereocenters. The number of hydrogen-bond donors (Lipinski definition) is 1. The van der Waals surface area contributed by atoms with E-state index in [1.807, 2.05) is 0 Å². The lowest BCUT2D eigenvalue weighted by molar-refractivity contribution is -0.140. The number of carbonyl (C=O) groups is 1. The number of aliphatic hydroxyl groups excluding tert-OH is 1. The summed E-state index contributed by atoms with van der Waals surface area (Å²) in [7, 11) is 1.32. The summed E-state index contributed by atoms with van der Waals surface area (Å²) in [6.45, 7) is 1.74. The molecule has 0 aromatic carbocycles. The predicted molar refractivity (Wildman–Crippen MR) is 41.3 cm³/mol. The molecule has 1 rings (SSSR count). The summed E-state index contributed by atoms with van der Waals surface area (Å²) < 4.78 is 9.60. The molecule has 4 heteroatoms. The van der Waals surface area contributed by atoms with Crippen molar-refractivity contribution >= 4 is 5.97 Å². The first-order valence-electron chi connectivity index (χ1n) is 3.75. The highest BCUT2D eigenvalue weighted by Crippen LogP contribution is 2.19. The smallest absolute Gasteiger partial charge is 0.313 e. The molecule has 0 spiro atoms. The Labute approximate surface area is 70.8 Å². The Morgan fingerprint density at radius 1 is 1.83 bits per heavy atom. The molecule has 0 amide bonds. The van der Waals surface area contributed by atoms with Gasteiger partial charge in [0.05, 0.1) is 7.11 Å². The highest BCUT2D eigenvalue weighted by Gasteiger charge is 2.24. The van der Waals surface area contributed by atoms with Crippen molar-refractivity contribution in [2.45, 2.75) is 25.6 Å². The monoisotopic (exact) mass is 172 g/mol. The second-order valence-electron chi connectivity index (χ2n) is 2.70. The van der Waals surface area contributed by atoms with E-state index in [-0.39, 0.29) is 18.5 Å². The van der Waals surface area contributed by atoms with Gasteiger partial charge in [-0.15, -0.1) is 0 Å². The third-order valence-corrected chi connectivity index (χ3v) is 1.72. The van der Waals surface area contributed by atoms with Crippen molar-refractivity contribution in [1.29, 1.82) is 0 Å². The maximum atomic E-state index is 10.8. The summed E-state index contributed by atoms with van der Waals surface area (Å²) in [5.41, 5.74) is 0. The molecule has 0 saturated carbocycles. The first kappa shape index (κ1) is 9.06. The first-order valence-corrected chi connectivity index (χ1v) is 3.75. The van der Waals surface area contributed by atoms with Gasteiger partial charge >= 0.3 is 5.97 Å². The Hall–Kier alpha value is -1.03. The van der Waals surface area contributed by atoms with E-state index in [0.717, 1.165) is 0 Å². The van der Waals surface area contributed by atoms with Crippen molar-refractivity contribution in [3.05, 3.63) is 11.8 Å². The van der Waals surface area contributed by atoms with Gasteiger partial charge in [-0.2, -0.15) is 0 Å². The highest BCUT2D eigenvalue weighted by atomic mass is 16.5. The maximum Gasteiger partial charge on any atom is 0.313 e. The van der Waals surface area contributed by atoms with Crippen molar-refractivity contribution in [3.8, 4) is 0 Å². The van der Waals surface area contributed by atoms with Crippen LogP contribution in [0.5, 0.6) is 0 Å². The van der Waals surface area contributed by atoms with E-state index < -0.39 is 6.10 Å². The Balaban J connectivity index is 2.45. The maximum absolute atomic E-state index is 10.8. The summed E-state index contributed by atoms with van der Waals surface area (Å²) in [5.74, 6) is 0.129. The topological polar surface area (TPSA) is 55.8 Å². The second kappa shape index (κ2) is 3.58. The number of aliphatic hydroxyl groups is 1. The van der Waals surface area contributed by atoms with Gasteiger partial charge in [0.2, 0.25) is 0 Å². The quantitative estimate of drug-likeness (QED) is 0.605. The number of esters is 1. The summed E-state index contributed by atoms with van der Waals surface area (Å²) in [6, 6.07) is 0. The van der Waals surface area contributed by atoms with Gasteiger partial charge in [-0.05, 0) is 13.0 Å². The van der Waals surface area contributed by atoms with Gasteiger partial charge in [0, 0.05) is 0 Å². The van der Waals surface area contributed by atoms with Gasteiger partial charge < -0.3 is 14.6 Å². The Morgan fingerprint density at radius 3 is 2.92 bits per heavy atom. The number of rotatable bonds is 2. The summed E-state index contributed by atoms with van der Waals surface area (Å²) in [5, 5.41) is 9.20. The largest absolute Gasteiger partial charge is 0.492 e. The van der Waals surface area contributed by atoms with E-state index in [4.69, 9.17) is 4.74 Å². The fourth-order valence-electron chi connectivity index (χ4n) is 0.989. The third kappa shape index (κ3) is 1.98. The highest BCUT2D eigenvalue weighted by molar-refractivity contribution is 5.71. The zero-order valence-corrected chi connectivity index (χ0v) is 7.11. The van der Waals surface area contributed by atoms with Crippen molar-refractivity contribution in [3.63, 3.8) is 0 Å². The molecule has 0 saturated heterocycles. The standard InChI is InChI=1S/C8H12O4/c1-5-7(9)3-6(12-5)4-8(10)11-2/h3,5,7,9H,4H2,1-2H3. The number of hydrogen-bond acceptors (Lipinski definition) is 4. The van der Waals surface area contributed by atoms with E-state index in [1.54, 1.807) is 6.92 Å². The molecule has 1 heterocycles. The van der Waals surface area contributed by atoms with Crippen molar-refractivity contribution in [2.24, 2.45) is 0 Å². The Bertz CT molecular complexity index is 209. The Morgan fingerprint density at radius 2 is 2.50 bits per heavy atom. The summed E-state index contributed by atoms with van der Waals surface area (Å²) in [4.78, 5) is 10.8. The summed E-state index contributed by atoms with van der Waals surface area (Å²) in [6.07, 6.45) is 0.758. The second-order valence-corrected chi connectivity index (χ2v) is 2.70. The minimum absolute atomic E-state index is 0.0951. The molecule has 1 N–H and O–H groups in total. The van der Waals surface area contributed by atoms with Crippen LogP contribution in [0.4, 0.5) is 0 Å². The fourth-order valence-corrected chi connectivity index (χ4v) is 0.989. The van der Waals surface area contributed by atoms with E-state index in [1.165, 1.54) is 13.2 Å². The SMILES string of the molecule is COC(=O)CC1=CC(O)C(C)O1. The van der Waals surface area contributed by atoms with Gasteiger partial charge in [-0.1, -0.05) is 0 Å². The van der Waals surface area contributed by atoms with E-state index in [9.17, 15) is 9.90 Å². The van der Waals surface area contributed by atoms with E-state index >= 15 is 0 Å². The van der Waals surface area contributed by atoms with Crippen LogP contribution < -0.4 is 0 Å². The molecule has 0 aliphatic carbocycles. The van der Waals surface area contributed by atoms with E-state index in [0.29, 0.717) is 5.76 Å². The normalized spacial score (nSPS) is 27.8. The predicted octanol–water partition coefficient (Wildman–Crippen LogP) is 0.213. The zero-order valence-electron chi connectivity index (χ0n) is 7.11. The van der Waals surface area contributed by atoms with Crippen LogP contribution in [0, 0.1) is 0 Å². The van der Waals surface area contributed by atoms with Gasteiger partial charge in [-0.25, -0.2) is 0 Å². The van der Waals surface area contributed by atoms with Crippen LogP contribution in [0.25, 0.3) is 0 Å². The van der Waals surface area contributed by atoms with Crippen LogP contribution in [0.1, 0.15) is 13.3 Å². The van der Waals surface area contributed by atoms with Gasteiger partial charge in [0.25, 0.3) is 0 Å². The molecular weight excluding hydrogens is 160 g/mol. The van der Waals surface area contributed by atoms with Crippen molar-refractivity contribution in [2.75, 3.05) is 7.11 Å². The number of ether oxygens (including phenoxy) is 2. The van der Waals surface area contributed by atoms with Crippen LogP contribution in [-0.2, 0) is 14.3 Å². The number of methoxy groups -OCH3 is 1. The van der Waals surface area contributed by atoms with Gasteiger partial charge in [-0.3, -0.25) is 4.79 Å². The molecule has 0 radical (unpaired) electrons. The summed E-state index contributed by atoms with van der Waals surface area (Å²) >= 11 is 0. The van der Waals surface area contributed by atoms with Crippen LogP contribution in [0.2, 0.25) is 0 Å². The molecular formula is C8H12O4. The molecule has 1 aliphatic rings. The lowest BCUT2D eigenvalue weighted by Crippen LogP contribution is -2.16. The van der Waals surface area contributed by atoms with Crippen LogP contribution >= 0.6 is 0 Å². The molecule has 1 aliphatic heterocycles. The lowest BCUT2D eigenvalue weighted by Gasteiger charge is -2.08. The van der Waals surface area contributed by atoms with Gasteiger partial charge in [0.15, 0.2) is 0 Å². The third-order valence-electron chi connectivity index (χ3n) is 1.72. The molecule has 0 bridgehead atoms. The van der Waals surface area contributed by atoms with Gasteiger partial charge in [0.1, 0.15) is 24.4 Å². The molecule has 0 aromatic heterocycles. The van der Waals surface area contributed by atoms with Crippen LogP contribution in [-0.4, -0.2) is 30.4 Å². The fraction of sp³-hybridized carbons (Fsp3) is 0.625. The van der Waals surface area contributed by atoms with Crippen LogP contribution in [0.15, 0.2) is 11.8 Å². The Kier molecular flexibility index (Phi) is 2.70. The minimum atomic E-state index is -0.607. The van der Waals surface area contributed by atoms with E-state index in [2.05, 4.69) is 4.74 Å². The molecule has 68 valence electrons. The lowest BCUT2D eigenvalue weighted by atomic mass is 10.2. The van der Waals surface area contributed by atoms with Crippen molar-refractivity contribution < 1.29 is 19.4 Å². The first-order chi connectivity index (χ1) is 5.63. The average molecular weight is 172 g/mol. The molecule has 2 atom stereocenters. The molecule has 4 nitrogen and oxygen atoms in total. The molecule has 0 fully saturated rings.